The number of rotatable bonds is 8. The van der Waals surface area contributed by atoms with Crippen molar-refractivity contribution in [1.29, 1.82) is 0 Å². The number of imidazole rings is 2. The van der Waals surface area contributed by atoms with E-state index in [9.17, 15) is 28.8 Å². The number of nitrogens with zero attached hydrogens (tertiary/aromatic N) is 4. The first-order chi connectivity index (χ1) is 15.3. The van der Waals surface area contributed by atoms with Crippen LogP contribution in [-0.4, -0.2) is 68.8 Å². The zero-order chi connectivity index (χ0) is 23.4. The smallest absolute Gasteiger partial charge is 0.325 e. The first-order valence-corrected chi connectivity index (χ1v) is 9.41. The minimum absolute atomic E-state index is 0.126. The quantitative estimate of drug-likeness (QED) is 0.358. The van der Waals surface area contributed by atoms with Gasteiger partial charge in [0.1, 0.15) is 36.8 Å². The van der Waals surface area contributed by atoms with E-state index in [2.05, 4.69) is 20.6 Å². The topological polar surface area (TPSA) is 180 Å². The standard InChI is InChI=1S/C18H18N6O8/c1-3-31-9(25)5-19-15(27)11-13-17(29)24-8-22-12(14(24)18(30)23(13)7-21-11)16(28)20-6-10(26)32-4-2/h7-8H,3-6H2,1-2H3,(H,19,27)(H,20,28). The van der Waals surface area contributed by atoms with Crippen LogP contribution in [0.1, 0.15) is 34.8 Å². The van der Waals surface area contributed by atoms with Gasteiger partial charge in [0.05, 0.1) is 13.2 Å². The van der Waals surface area contributed by atoms with Gasteiger partial charge >= 0.3 is 11.9 Å². The van der Waals surface area contributed by atoms with Gasteiger partial charge in [0, 0.05) is 0 Å². The molecule has 168 valence electrons. The van der Waals surface area contributed by atoms with Crippen LogP contribution in [0.25, 0.3) is 11.0 Å². The van der Waals surface area contributed by atoms with Crippen LogP contribution in [0.3, 0.4) is 0 Å². The zero-order valence-electron chi connectivity index (χ0n) is 17.0. The Morgan fingerprint density at radius 3 is 1.50 bits per heavy atom. The largest absolute Gasteiger partial charge is 0.465 e. The molecule has 0 aliphatic heterocycles. The second kappa shape index (κ2) is 9.20. The number of ether oxygens (including phenoxy) is 2. The Morgan fingerprint density at radius 2 is 1.16 bits per heavy atom. The van der Waals surface area contributed by atoms with Gasteiger partial charge < -0.3 is 20.1 Å². The van der Waals surface area contributed by atoms with E-state index in [-0.39, 0.29) is 35.6 Å². The van der Waals surface area contributed by atoms with E-state index in [1.807, 2.05) is 0 Å². The fourth-order valence-corrected chi connectivity index (χ4v) is 2.87. The number of carbonyl (C=O) groups is 4. The summed E-state index contributed by atoms with van der Waals surface area (Å²) in [6.07, 6.45) is 1.90. The van der Waals surface area contributed by atoms with Gasteiger partial charge in [-0.1, -0.05) is 0 Å². The van der Waals surface area contributed by atoms with Crippen LogP contribution >= 0.6 is 0 Å². The van der Waals surface area contributed by atoms with Gasteiger partial charge in [-0.25, -0.2) is 9.97 Å². The molecule has 2 N–H and O–H groups in total. The number of esters is 2. The molecule has 3 rings (SSSR count). The summed E-state index contributed by atoms with van der Waals surface area (Å²) in [6.45, 7) is 2.54. The summed E-state index contributed by atoms with van der Waals surface area (Å²) in [7, 11) is 0. The highest BCUT2D eigenvalue weighted by atomic mass is 16.5. The monoisotopic (exact) mass is 446 g/mol. The maximum absolute atomic E-state index is 12.9. The van der Waals surface area contributed by atoms with E-state index in [0.717, 1.165) is 21.5 Å². The second-order valence-corrected chi connectivity index (χ2v) is 6.21. The normalized spacial score (nSPS) is 10.8. The Hall–Kier alpha value is -4.36. The van der Waals surface area contributed by atoms with E-state index in [0.29, 0.717) is 0 Å². The Bertz CT molecular complexity index is 1220. The minimum atomic E-state index is -0.871. The Labute approximate surface area is 178 Å². The summed E-state index contributed by atoms with van der Waals surface area (Å²) in [6, 6.07) is 0. The van der Waals surface area contributed by atoms with Crippen molar-refractivity contribution in [2.75, 3.05) is 26.3 Å². The van der Waals surface area contributed by atoms with E-state index in [1.54, 1.807) is 13.8 Å². The third kappa shape index (κ3) is 4.10. The molecule has 14 heteroatoms. The van der Waals surface area contributed by atoms with Gasteiger partial charge in [-0.3, -0.25) is 37.6 Å². The van der Waals surface area contributed by atoms with Crippen molar-refractivity contribution >= 4 is 34.8 Å². The van der Waals surface area contributed by atoms with Crippen molar-refractivity contribution in [2.45, 2.75) is 13.8 Å². The molecule has 14 nitrogen and oxygen atoms in total. The van der Waals surface area contributed by atoms with Crippen LogP contribution in [-0.2, 0) is 19.1 Å². The third-order valence-corrected chi connectivity index (χ3v) is 4.21. The summed E-state index contributed by atoms with van der Waals surface area (Å²) >= 11 is 0. The zero-order valence-corrected chi connectivity index (χ0v) is 17.0. The van der Waals surface area contributed by atoms with Gasteiger partial charge in [0.25, 0.3) is 22.9 Å². The number of hydrogen-bond acceptors (Lipinski definition) is 10. The number of carbonyl (C=O) groups excluding carboxylic acids is 4. The third-order valence-electron chi connectivity index (χ3n) is 4.21. The molecule has 0 spiro atoms. The molecule has 32 heavy (non-hydrogen) atoms. The molecule has 0 bridgehead atoms. The SMILES string of the molecule is CCOC(=O)CNC(=O)c1ncn2c(=O)c3c(C(=O)NCC(=O)OCC)ncn3c(=O)c12. The fourth-order valence-electron chi connectivity index (χ4n) is 2.87. The molecule has 0 saturated carbocycles. The summed E-state index contributed by atoms with van der Waals surface area (Å²) in [5.41, 5.74) is -3.18. The van der Waals surface area contributed by atoms with Crippen molar-refractivity contribution in [3.63, 3.8) is 0 Å². The molecule has 3 aromatic heterocycles. The van der Waals surface area contributed by atoms with E-state index in [4.69, 9.17) is 9.47 Å². The first-order valence-electron chi connectivity index (χ1n) is 9.41. The lowest BCUT2D eigenvalue weighted by Crippen LogP contribution is -2.34. The molecule has 0 saturated heterocycles. The highest BCUT2D eigenvalue weighted by Crippen LogP contribution is 2.08. The lowest BCUT2D eigenvalue weighted by molar-refractivity contribution is -0.142. The van der Waals surface area contributed by atoms with Crippen LogP contribution in [0.15, 0.2) is 22.2 Å². The number of hydrogen-bond donors (Lipinski definition) is 2. The average molecular weight is 446 g/mol. The van der Waals surface area contributed by atoms with E-state index < -0.39 is 48.0 Å². The maximum Gasteiger partial charge on any atom is 0.325 e. The van der Waals surface area contributed by atoms with Crippen LogP contribution in [0, 0.1) is 0 Å². The number of amides is 2. The molecule has 0 radical (unpaired) electrons. The minimum Gasteiger partial charge on any atom is -0.465 e. The van der Waals surface area contributed by atoms with Crippen molar-refractivity contribution in [3.8, 4) is 0 Å². The lowest BCUT2D eigenvalue weighted by Gasteiger charge is -2.04. The molecule has 3 aromatic rings. The van der Waals surface area contributed by atoms with Crippen molar-refractivity contribution in [3.05, 3.63) is 44.8 Å². The number of nitrogens with one attached hydrogen (secondary N) is 2. The second-order valence-electron chi connectivity index (χ2n) is 6.21. The molecule has 0 atom stereocenters. The molecular weight excluding hydrogens is 428 g/mol. The summed E-state index contributed by atoms with van der Waals surface area (Å²) in [5.74, 6) is -3.12. The first kappa shape index (κ1) is 22.3. The Kier molecular flexibility index (Phi) is 6.42. The highest BCUT2D eigenvalue weighted by Gasteiger charge is 2.25. The van der Waals surface area contributed by atoms with Gasteiger partial charge in [0.15, 0.2) is 11.4 Å². The Morgan fingerprint density at radius 1 is 0.781 bits per heavy atom. The predicted molar refractivity (Wildman–Crippen MR) is 106 cm³/mol. The number of fused-ring (bicyclic) bond motifs is 2. The van der Waals surface area contributed by atoms with E-state index in [1.165, 1.54) is 0 Å². The van der Waals surface area contributed by atoms with Gasteiger partial charge in [-0.15, -0.1) is 0 Å². The van der Waals surface area contributed by atoms with Crippen molar-refractivity contribution < 1.29 is 28.7 Å². The summed E-state index contributed by atoms with van der Waals surface area (Å²) in [5, 5.41) is 4.51. The molecule has 0 aromatic carbocycles. The predicted octanol–water partition coefficient (Wildman–Crippen LogP) is -2.27. The molecule has 0 aliphatic rings. The molecule has 0 unspecified atom stereocenters. The van der Waals surface area contributed by atoms with Crippen LogP contribution < -0.4 is 21.8 Å². The highest BCUT2D eigenvalue weighted by molar-refractivity contribution is 6.02. The molecule has 0 aliphatic carbocycles. The van der Waals surface area contributed by atoms with Crippen LogP contribution in [0.4, 0.5) is 0 Å². The van der Waals surface area contributed by atoms with Crippen molar-refractivity contribution in [2.24, 2.45) is 0 Å². The molecule has 3 heterocycles. The number of aromatic nitrogens is 4. The lowest BCUT2D eigenvalue weighted by atomic mass is 10.3. The molecular formula is C18H18N6O8. The molecule has 0 fully saturated rings. The Balaban J connectivity index is 1.97. The van der Waals surface area contributed by atoms with Gasteiger partial charge in [-0.2, -0.15) is 0 Å². The van der Waals surface area contributed by atoms with Gasteiger partial charge in [-0.05, 0) is 13.8 Å². The maximum atomic E-state index is 12.9. The van der Waals surface area contributed by atoms with Crippen molar-refractivity contribution in [1.82, 2.24) is 29.4 Å². The van der Waals surface area contributed by atoms with Crippen LogP contribution in [0.2, 0.25) is 0 Å². The summed E-state index contributed by atoms with van der Waals surface area (Å²) < 4.78 is 11.0. The summed E-state index contributed by atoms with van der Waals surface area (Å²) in [4.78, 5) is 81.0. The fraction of sp³-hybridized carbons (Fsp3) is 0.333. The van der Waals surface area contributed by atoms with Gasteiger partial charge in [0.2, 0.25) is 0 Å². The van der Waals surface area contributed by atoms with Crippen LogP contribution in [0.5, 0.6) is 0 Å². The molecule has 2 amide bonds. The van der Waals surface area contributed by atoms with E-state index >= 15 is 0 Å². The average Bonchev–Trinajstić information content (AvgIpc) is 3.40.